The number of fused-ring (bicyclic) bond motifs is 1. The third kappa shape index (κ3) is 2.43. The van der Waals surface area contributed by atoms with E-state index in [2.05, 4.69) is 5.32 Å². The monoisotopic (exact) mass is 298 g/mol. The third-order valence-corrected chi connectivity index (χ3v) is 3.85. The molecule has 0 bridgehead atoms. The van der Waals surface area contributed by atoms with Crippen LogP contribution in [0.3, 0.4) is 0 Å². The van der Waals surface area contributed by atoms with E-state index in [4.69, 9.17) is 0 Å². The summed E-state index contributed by atoms with van der Waals surface area (Å²) < 4.78 is 13.7. The van der Waals surface area contributed by atoms with E-state index < -0.39 is 11.7 Å². The lowest BCUT2D eigenvalue weighted by Gasteiger charge is -2.26. The summed E-state index contributed by atoms with van der Waals surface area (Å²) in [7, 11) is 0. The molecule has 0 saturated carbocycles. The Hall–Kier alpha value is -1.46. The smallest absolute Gasteiger partial charge is 0.264 e. The highest BCUT2D eigenvalue weighted by Gasteiger charge is 2.38. The fourth-order valence-corrected chi connectivity index (χ4v) is 2.78. The summed E-state index contributed by atoms with van der Waals surface area (Å²) in [5.74, 6) is -1.15. The molecule has 0 unspecified atom stereocenters. The minimum absolute atomic E-state index is 0. The predicted octanol–water partition coefficient (Wildman–Crippen LogP) is 1.84. The van der Waals surface area contributed by atoms with E-state index in [1.165, 1.54) is 23.1 Å². The van der Waals surface area contributed by atoms with Crippen LogP contribution in [0.15, 0.2) is 18.2 Å². The summed E-state index contributed by atoms with van der Waals surface area (Å²) in [6, 6.07) is 4.20. The Morgan fingerprint density at radius 2 is 1.90 bits per heavy atom. The molecular formula is C14H16ClFN2O2. The van der Waals surface area contributed by atoms with Crippen LogP contribution < -0.4 is 5.32 Å². The SMILES string of the molecule is Cl.O=C1c2cccc(F)c2C(=O)N1CC1CCNCC1. The van der Waals surface area contributed by atoms with Gasteiger partial charge in [0.15, 0.2) is 0 Å². The van der Waals surface area contributed by atoms with E-state index in [9.17, 15) is 14.0 Å². The standard InChI is InChI=1S/C14H15FN2O2.ClH/c15-11-3-1-2-10-12(11)14(19)17(13(10)18)8-9-4-6-16-7-5-9;/h1-3,9,16H,4-8H2;1H. The second-order valence-corrected chi connectivity index (χ2v) is 5.08. The maximum Gasteiger partial charge on any atom is 0.264 e. The van der Waals surface area contributed by atoms with Gasteiger partial charge >= 0.3 is 0 Å². The van der Waals surface area contributed by atoms with Gasteiger partial charge in [-0.3, -0.25) is 14.5 Å². The van der Waals surface area contributed by atoms with Gasteiger partial charge in [0.25, 0.3) is 11.8 Å². The van der Waals surface area contributed by atoms with Gasteiger partial charge in [-0.05, 0) is 44.0 Å². The molecule has 1 N–H and O–H groups in total. The van der Waals surface area contributed by atoms with Gasteiger partial charge < -0.3 is 5.32 Å². The molecule has 1 saturated heterocycles. The molecule has 0 spiro atoms. The number of rotatable bonds is 2. The van der Waals surface area contributed by atoms with E-state index in [-0.39, 0.29) is 29.4 Å². The zero-order chi connectivity index (χ0) is 13.4. The lowest BCUT2D eigenvalue weighted by molar-refractivity contribution is 0.0618. The van der Waals surface area contributed by atoms with Gasteiger partial charge in [-0.2, -0.15) is 0 Å². The number of hydrogen-bond donors (Lipinski definition) is 1. The molecule has 1 aromatic carbocycles. The van der Waals surface area contributed by atoms with Crippen molar-refractivity contribution in [1.82, 2.24) is 10.2 Å². The fraction of sp³-hybridized carbons (Fsp3) is 0.429. The van der Waals surface area contributed by atoms with Gasteiger partial charge in [0.05, 0.1) is 11.1 Å². The summed E-state index contributed by atoms with van der Waals surface area (Å²) in [5, 5.41) is 3.24. The Labute approximate surface area is 122 Å². The van der Waals surface area contributed by atoms with Crippen molar-refractivity contribution in [1.29, 1.82) is 0 Å². The molecule has 0 atom stereocenters. The molecule has 2 amide bonds. The van der Waals surface area contributed by atoms with E-state index in [0.29, 0.717) is 12.5 Å². The van der Waals surface area contributed by atoms with Crippen LogP contribution in [0.2, 0.25) is 0 Å². The number of benzene rings is 1. The average Bonchev–Trinajstić information content (AvgIpc) is 2.66. The molecule has 2 aliphatic rings. The molecular weight excluding hydrogens is 283 g/mol. The second-order valence-electron chi connectivity index (χ2n) is 5.08. The lowest BCUT2D eigenvalue weighted by Crippen LogP contribution is -2.39. The van der Waals surface area contributed by atoms with Gasteiger partial charge in [0.1, 0.15) is 5.82 Å². The summed E-state index contributed by atoms with van der Waals surface area (Å²) in [6.45, 7) is 2.21. The van der Waals surface area contributed by atoms with E-state index >= 15 is 0 Å². The summed E-state index contributed by atoms with van der Waals surface area (Å²) in [6.07, 6.45) is 1.88. The quantitative estimate of drug-likeness (QED) is 0.848. The maximum atomic E-state index is 13.7. The van der Waals surface area contributed by atoms with Crippen molar-refractivity contribution in [2.75, 3.05) is 19.6 Å². The van der Waals surface area contributed by atoms with Gasteiger partial charge in [-0.25, -0.2) is 4.39 Å². The highest BCUT2D eigenvalue weighted by Crippen LogP contribution is 2.27. The van der Waals surface area contributed by atoms with Crippen molar-refractivity contribution in [3.63, 3.8) is 0 Å². The number of nitrogens with zero attached hydrogens (tertiary/aromatic N) is 1. The number of hydrogen-bond acceptors (Lipinski definition) is 3. The summed E-state index contributed by atoms with van der Waals surface area (Å²) >= 11 is 0. The maximum absolute atomic E-state index is 13.7. The van der Waals surface area contributed by atoms with Crippen LogP contribution in [-0.4, -0.2) is 36.3 Å². The average molecular weight is 299 g/mol. The van der Waals surface area contributed by atoms with Gasteiger partial charge in [-0.1, -0.05) is 6.07 Å². The van der Waals surface area contributed by atoms with E-state index in [1.54, 1.807) is 0 Å². The number of imide groups is 1. The van der Waals surface area contributed by atoms with E-state index in [1.807, 2.05) is 0 Å². The van der Waals surface area contributed by atoms with Gasteiger partial charge in [0, 0.05) is 6.54 Å². The minimum Gasteiger partial charge on any atom is -0.317 e. The van der Waals surface area contributed by atoms with Crippen molar-refractivity contribution in [3.05, 3.63) is 35.1 Å². The highest BCUT2D eigenvalue weighted by molar-refractivity contribution is 6.21. The molecule has 20 heavy (non-hydrogen) atoms. The Kier molecular flexibility index (Phi) is 4.40. The first-order valence-electron chi connectivity index (χ1n) is 6.54. The molecule has 6 heteroatoms. The molecule has 1 aromatic rings. The second kappa shape index (κ2) is 5.89. The zero-order valence-corrected chi connectivity index (χ0v) is 11.7. The van der Waals surface area contributed by atoms with Crippen molar-refractivity contribution < 1.29 is 14.0 Å². The number of carbonyl (C=O) groups excluding carboxylic acids is 2. The number of nitrogens with one attached hydrogen (secondary N) is 1. The normalized spacial score (nSPS) is 18.9. The Balaban J connectivity index is 0.00000147. The summed E-state index contributed by atoms with van der Waals surface area (Å²) in [4.78, 5) is 25.5. The van der Waals surface area contributed by atoms with Crippen LogP contribution in [-0.2, 0) is 0 Å². The lowest BCUT2D eigenvalue weighted by atomic mass is 9.97. The van der Waals surface area contributed by atoms with Crippen LogP contribution in [0.1, 0.15) is 33.6 Å². The number of amides is 2. The molecule has 3 rings (SSSR count). The first-order valence-corrected chi connectivity index (χ1v) is 6.54. The van der Waals surface area contributed by atoms with Crippen LogP contribution in [0.4, 0.5) is 4.39 Å². The predicted molar refractivity (Wildman–Crippen MR) is 74.6 cm³/mol. The Morgan fingerprint density at radius 1 is 1.20 bits per heavy atom. The molecule has 108 valence electrons. The van der Waals surface area contributed by atoms with Crippen LogP contribution in [0, 0.1) is 11.7 Å². The first kappa shape index (κ1) is 14.9. The fourth-order valence-electron chi connectivity index (χ4n) is 2.78. The molecule has 0 aromatic heterocycles. The molecule has 2 aliphatic heterocycles. The van der Waals surface area contributed by atoms with Crippen LogP contribution in [0.25, 0.3) is 0 Å². The van der Waals surface area contributed by atoms with Gasteiger partial charge in [-0.15, -0.1) is 12.4 Å². The minimum atomic E-state index is -0.608. The van der Waals surface area contributed by atoms with E-state index in [0.717, 1.165) is 25.9 Å². The molecule has 2 heterocycles. The highest BCUT2D eigenvalue weighted by atomic mass is 35.5. The molecule has 4 nitrogen and oxygen atoms in total. The van der Waals surface area contributed by atoms with Crippen molar-refractivity contribution in [2.45, 2.75) is 12.8 Å². The largest absolute Gasteiger partial charge is 0.317 e. The van der Waals surface area contributed by atoms with Crippen LogP contribution in [0.5, 0.6) is 0 Å². The zero-order valence-electron chi connectivity index (χ0n) is 10.9. The Morgan fingerprint density at radius 3 is 2.55 bits per heavy atom. The first-order chi connectivity index (χ1) is 9.18. The number of carbonyl (C=O) groups is 2. The Bertz CT molecular complexity index is 544. The van der Waals surface area contributed by atoms with Crippen LogP contribution >= 0.6 is 12.4 Å². The number of halogens is 2. The van der Waals surface area contributed by atoms with Gasteiger partial charge in [0.2, 0.25) is 0 Å². The van der Waals surface area contributed by atoms with Crippen molar-refractivity contribution in [2.24, 2.45) is 5.92 Å². The van der Waals surface area contributed by atoms with Crippen molar-refractivity contribution in [3.8, 4) is 0 Å². The molecule has 0 aliphatic carbocycles. The summed E-state index contributed by atoms with van der Waals surface area (Å²) in [5.41, 5.74) is 0.125. The topological polar surface area (TPSA) is 49.4 Å². The van der Waals surface area contributed by atoms with Crippen molar-refractivity contribution >= 4 is 24.2 Å². The molecule has 1 fully saturated rings. The molecule has 0 radical (unpaired) electrons. The third-order valence-electron chi connectivity index (χ3n) is 3.85. The number of piperidine rings is 1.